The number of rotatable bonds is 3. The number of carbonyl (C=O) groups is 1. The zero-order valence-corrected chi connectivity index (χ0v) is 13.8. The van der Waals surface area contributed by atoms with Crippen LogP contribution in [-0.4, -0.2) is 11.1 Å². The van der Waals surface area contributed by atoms with Gasteiger partial charge in [0.2, 0.25) is 0 Å². The highest BCUT2D eigenvalue weighted by Crippen LogP contribution is 2.37. The van der Waals surface area contributed by atoms with Crippen molar-refractivity contribution in [2.75, 3.05) is 0 Å². The van der Waals surface area contributed by atoms with Crippen LogP contribution in [0.15, 0.2) is 60.7 Å². The summed E-state index contributed by atoms with van der Waals surface area (Å²) in [5, 5.41) is 2.59. The Morgan fingerprint density at radius 3 is 2.48 bits per heavy atom. The SMILES string of the molecule is O=C1N[C@@H](c2cccc(-c3cccc(F)c3)n2)[C@H](c2ccc(F)cc2F)O1. The lowest BCUT2D eigenvalue weighted by Crippen LogP contribution is -2.21. The number of pyridine rings is 1. The largest absolute Gasteiger partial charge is 0.439 e. The van der Waals surface area contributed by atoms with E-state index in [1.807, 2.05) is 0 Å². The van der Waals surface area contributed by atoms with Crippen LogP contribution in [0.3, 0.4) is 0 Å². The van der Waals surface area contributed by atoms with Crippen molar-refractivity contribution >= 4 is 6.09 Å². The van der Waals surface area contributed by atoms with Crippen molar-refractivity contribution in [1.82, 2.24) is 10.3 Å². The van der Waals surface area contributed by atoms with E-state index in [1.54, 1.807) is 30.3 Å². The van der Waals surface area contributed by atoms with Crippen molar-refractivity contribution < 1.29 is 22.7 Å². The third kappa shape index (κ3) is 3.36. The number of nitrogens with one attached hydrogen (secondary N) is 1. The number of aromatic nitrogens is 1. The zero-order chi connectivity index (χ0) is 19.0. The zero-order valence-electron chi connectivity index (χ0n) is 13.8. The normalized spacial score (nSPS) is 18.9. The maximum absolute atomic E-state index is 14.2. The van der Waals surface area contributed by atoms with E-state index < -0.39 is 35.7 Å². The molecule has 2 atom stereocenters. The van der Waals surface area contributed by atoms with Crippen LogP contribution < -0.4 is 5.32 Å². The summed E-state index contributed by atoms with van der Waals surface area (Å²) in [4.78, 5) is 16.2. The molecule has 27 heavy (non-hydrogen) atoms. The molecule has 2 heterocycles. The molecule has 4 nitrogen and oxygen atoms in total. The summed E-state index contributed by atoms with van der Waals surface area (Å²) in [5.41, 5.74) is 1.51. The Morgan fingerprint density at radius 2 is 1.70 bits per heavy atom. The molecule has 7 heteroatoms. The molecule has 3 aromatic rings. The number of carbonyl (C=O) groups excluding carboxylic acids is 1. The molecule has 0 unspecified atom stereocenters. The van der Waals surface area contributed by atoms with E-state index >= 15 is 0 Å². The molecule has 1 saturated heterocycles. The number of hydrogen-bond donors (Lipinski definition) is 1. The second-order valence-electron chi connectivity index (χ2n) is 6.07. The van der Waals surface area contributed by atoms with E-state index in [1.165, 1.54) is 18.2 Å². The Kier molecular flexibility index (Phi) is 4.27. The van der Waals surface area contributed by atoms with Gasteiger partial charge in [0, 0.05) is 17.2 Å². The summed E-state index contributed by atoms with van der Waals surface area (Å²) in [6.07, 6.45) is -1.74. The molecule has 1 aliphatic rings. The number of benzene rings is 2. The van der Waals surface area contributed by atoms with Crippen molar-refractivity contribution in [3.8, 4) is 11.3 Å². The highest BCUT2D eigenvalue weighted by Gasteiger charge is 2.39. The van der Waals surface area contributed by atoms with E-state index in [4.69, 9.17) is 4.74 Å². The van der Waals surface area contributed by atoms with Crippen molar-refractivity contribution in [3.05, 3.63) is 89.4 Å². The summed E-state index contributed by atoms with van der Waals surface area (Å²) < 4.78 is 46.1. The van der Waals surface area contributed by atoms with Gasteiger partial charge in [-0.1, -0.05) is 18.2 Å². The predicted octanol–water partition coefficient (Wildman–Crippen LogP) is 4.69. The van der Waals surface area contributed by atoms with E-state index in [2.05, 4.69) is 10.3 Å². The minimum Gasteiger partial charge on any atom is -0.439 e. The van der Waals surface area contributed by atoms with Gasteiger partial charge in [-0.2, -0.15) is 0 Å². The van der Waals surface area contributed by atoms with E-state index in [-0.39, 0.29) is 5.56 Å². The summed E-state index contributed by atoms with van der Waals surface area (Å²) in [5.74, 6) is -1.94. The van der Waals surface area contributed by atoms with Gasteiger partial charge in [0.15, 0.2) is 6.10 Å². The molecule has 2 aromatic carbocycles. The van der Waals surface area contributed by atoms with Gasteiger partial charge >= 0.3 is 6.09 Å². The third-order valence-corrected chi connectivity index (χ3v) is 4.29. The lowest BCUT2D eigenvalue weighted by Gasteiger charge is -2.18. The first kappa shape index (κ1) is 17.1. The maximum atomic E-state index is 14.2. The molecule has 0 spiro atoms. The molecule has 136 valence electrons. The topological polar surface area (TPSA) is 51.2 Å². The smallest absolute Gasteiger partial charge is 0.408 e. The molecule has 1 fully saturated rings. The lowest BCUT2D eigenvalue weighted by atomic mass is 9.99. The molecule has 0 aliphatic carbocycles. The Hall–Kier alpha value is -3.35. The number of halogens is 3. The number of amides is 1. The maximum Gasteiger partial charge on any atom is 0.408 e. The van der Waals surface area contributed by atoms with Crippen molar-refractivity contribution in [2.45, 2.75) is 12.1 Å². The number of ether oxygens (including phenoxy) is 1. The van der Waals surface area contributed by atoms with Gasteiger partial charge in [-0.25, -0.2) is 18.0 Å². The Morgan fingerprint density at radius 1 is 0.926 bits per heavy atom. The summed E-state index contributed by atoms with van der Waals surface area (Å²) in [7, 11) is 0. The van der Waals surface area contributed by atoms with Gasteiger partial charge < -0.3 is 10.1 Å². The van der Waals surface area contributed by atoms with Gasteiger partial charge in [-0.05, 0) is 36.4 Å². The van der Waals surface area contributed by atoms with Crippen LogP contribution in [0.25, 0.3) is 11.3 Å². The number of nitrogens with zero attached hydrogens (tertiary/aromatic N) is 1. The molecule has 0 radical (unpaired) electrons. The fourth-order valence-corrected chi connectivity index (χ4v) is 3.06. The standard InChI is InChI=1S/C20H13F3N2O2/c21-12-4-1-3-11(9-12)16-5-2-6-17(24-16)18-19(27-20(26)25-18)14-8-7-13(22)10-15(14)23/h1-10,18-19H,(H,25,26)/t18-,19-/m0/s1. The summed E-state index contributed by atoms with van der Waals surface area (Å²) >= 11 is 0. The van der Waals surface area contributed by atoms with Crippen molar-refractivity contribution in [3.63, 3.8) is 0 Å². The van der Waals surface area contributed by atoms with Gasteiger partial charge in [-0.15, -0.1) is 0 Å². The fourth-order valence-electron chi connectivity index (χ4n) is 3.06. The lowest BCUT2D eigenvalue weighted by molar-refractivity contribution is 0.129. The van der Waals surface area contributed by atoms with Crippen LogP contribution in [0.4, 0.5) is 18.0 Å². The second-order valence-corrected chi connectivity index (χ2v) is 6.07. The Labute approximate surface area is 152 Å². The van der Waals surface area contributed by atoms with Crippen LogP contribution in [-0.2, 0) is 4.74 Å². The van der Waals surface area contributed by atoms with Gasteiger partial charge in [0.1, 0.15) is 23.5 Å². The van der Waals surface area contributed by atoms with Gasteiger partial charge in [-0.3, -0.25) is 4.98 Å². The summed E-state index contributed by atoms with van der Waals surface area (Å²) in [6.45, 7) is 0. The first-order valence-electron chi connectivity index (χ1n) is 8.16. The summed E-state index contributed by atoms with van der Waals surface area (Å²) in [6, 6.07) is 13.3. The highest BCUT2D eigenvalue weighted by molar-refractivity contribution is 5.71. The molecule has 4 rings (SSSR count). The number of cyclic esters (lactones) is 1. The van der Waals surface area contributed by atoms with Crippen LogP contribution in [0.5, 0.6) is 0 Å². The molecule has 1 aromatic heterocycles. The van der Waals surface area contributed by atoms with Crippen LogP contribution in [0.1, 0.15) is 23.4 Å². The first-order chi connectivity index (χ1) is 13.0. The molecule has 1 aliphatic heterocycles. The number of hydrogen-bond acceptors (Lipinski definition) is 3. The van der Waals surface area contributed by atoms with Crippen LogP contribution >= 0.6 is 0 Å². The van der Waals surface area contributed by atoms with Crippen LogP contribution in [0, 0.1) is 17.5 Å². The van der Waals surface area contributed by atoms with Crippen molar-refractivity contribution in [1.29, 1.82) is 0 Å². The molecular weight excluding hydrogens is 357 g/mol. The minimum absolute atomic E-state index is 0.0395. The Balaban J connectivity index is 1.73. The number of alkyl carbamates (subject to hydrolysis) is 1. The fraction of sp³-hybridized carbons (Fsp3) is 0.100. The Bertz CT molecular complexity index is 1030. The van der Waals surface area contributed by atoms with Crippen molar-refractivity contribution in [2.24, 2.45) is 0 Å². The van der Waals surface area contributed by atoms with E-state index in [0.29, 0.717) is 17.0 Å². The second kappa shape index (κ2) is 6.75. The van der Waals surface area contributed by atoms with E-state index in [0.717, 1.165) is 12.1 Å². The first-order valence-corrected chi connectivity index (χ1v) is 8.16. The molecular formula is C20H13F3N2O2. The molecule has 1 N–H and O–H groups in total. The van der Waals surface area contributed by atoms with Crippen LogP contribution in [0.2, 0.25) is 0 Å². The third-order valence-electron chi connectivity index (χ3n) is 4.29. The predicted molar refractivity (Wildman–Crippen MR) is 91.1 cm³/mol. The highest BCUT2D eigenvalue weighted by atomic mass is 19.1. The van der Waals surface area contributed by atoms with E-state index in [9.17, 15) is 18.0 Å². The molecule has 1 amide bonds. The van der Waals surface area contributed by atoms with Gasteiger partial charge in [0.25, 0.3) is 0 Å². The monoisotopic (exact) mass is 370 g/mol. The quantitative estimate of drug-likeness (QED) is 0.728. The minimum atomic E-state index is -1.01. The average molecular weight is 370 g/mol. The molecule has 0 saturated carbocycles. The van der Waals surface area contributed by atoms with Gasteiger partial charge in [0.05, 0.1) is 11.4 Å². The molecule has 0 bridgehead atoms. The average Bonchev–Trinajstić information content (AvgIpc) is 3.03.